The van der Waals surface area contributed by atoms with Crippen molar-refractivity contribution in [3.05, 3.63) is 58.5 Å². The zero-order valence-corrected chi connectivity index (χ0v) is 18.7. The van der Waals surface area contributed by atoms with Crippen LogP contribution in [0, 0.1) is 6.92 Å². The van der Waals surface area contributed by atoms with E-state index < -0.39 is 0 Å². The number of rotatable bonds is 6. The lowest BCUT2D eigenvalue weighted by Crippen LogP contribution is -2.42. The number of imidazole rings is 1. The average molecular weight is 449 g/mol. The molecule has 1 aromatic carbocycles. The summed E-state index contributed by atoms with van der Waals surface area (Å²) in [5.74, 6) is -0.108. The van der Waals surface area contributed by atoms with E-state index in [1.54, 1.807) is 11.1 Å². The molecule has 2 amide bonds. The van der Waals surface area contributed by atoms with E-state index in [-0.39, 0.29) is 29.6 Å². The third-order valence-electron chi connectivity index (χ3n) is 6.62. The van der Waals surface area contributed by atoms with E-state index in [0.29, 0.717) is 31.7 Å². The van der Waals surface area contributed by atoms with Crippen LogP contribution in [0.2, 0.25) is 0 Å². The van der Waals surface area contributed by atoms with Crippen molar-refractivity contribution in [2.45, 2.75) is 51.1 Å². The second kappa shape index (κ2) is 8.80. The molecule has 5 rings (SSSR count). The maximum Gasteiger partial charge on any atom is 0.326 e. The number of hydrogen-bond acceptors (Lipinski definition) is 5. The van der Waals surface area contributed by atoms with Crippen LogP contribution in [0.3, 0.4) is 0 Å². The topological polar surface area (TPSA) is 104 Å². The minimum Gasteiger partial charge on any atom is -0.342 e. The van der Waals surface area contributed by atoms with E-state index in [4.69, 9.17) is 0 Å². The Morgan fingerprint density at radius 3 is 2.55 bits per heavy atom. The van der Waals surface area contributed by atoms with Gasteiger partial charge in [-0.1, -0.05) is 12.1 Å². The van der Waals surface area contributed by atoms with Gasteiger partial charge in [0, 0.05) is 44.3 Å². The largest absolute Gasteiger partial charge is 0.342 e. The Labute approximate surface area is 191 Å². The highest BCUT2D eigenvalue weighted by molar-refractivity contribution is 5.92. The van der Waals surface area contributed by atoms with E-state index in [1.165, 1.54) is 6.20 Å². The number of aromatic amines is 1. The number of carbonyl (C=O) groups is 2. The second-order valence-corrected chi connectivity index (χ2v) is 8.95. The van der Waals surface area contributed by atoms with Crippen LogP contribution in [-0.4, -0.2) is 66.8 Å². The van der Waals surface area contributed by atoms with Gasteiger partial charge in [-0.25, -0.2) is 9.78 Å². The molecule has 0 unspecified atom stereocenters. The van der Waals surface area contributed by atoms with E-state index >= 15 is 0 Å². The van der Waals surface area contributed by atoms with Crippen LogP contribution in [0.25, 0.3) is 11.0 Å². The lowest BCUT2D eigenvalue weighted by Gasteiger charge is -2.33. The highest BCUT2D eigenvalue weighted by Gasteiger charge is 2.34. The van der Waals surface area contributed by atoms with Gasteiger partial charge in [-0.15, -0.1) is 0 Å². The number of aromatic nitrogens is 4. The van der Waals surface area contributed by atoms with Gasteiger partial charge in [-0.3, -0.25) is 19.1 Å². The van der Waals surface area contributed by atoms with E-state index in [9.17, 15) is 14.4 Å². The maximum absolute atomic E-state index is 12.9. The molecule has 0 spiro atoms. The minimum atomic E-state index is -0.157. The highest BCUT2D eigenvalue weighted by Crippen LogP contribution is 2.29. The van der Waals surface area contributed by atoms with Crippen LogP contribution in [0.5, 0.6) is 0 Å². The summed E-state index contributed by atoms with van der Waals surface area (Å²) in [6, 6.07) is 7.95. The van der Waals surface area contributed by atoms with Gasteiger partial charge in [0.15, 0.2) is 0 Å². The maximum atomic E-state index is 12.9. The number of hydrogen-bond donors (Lipinski definition) is 1. The van der Waals surface area contributed by atoms with Crippen LogP contribution in [0.4, 0.5) is 0 Å². The monoisotopic (exact) mass is 448 g/mol. The summed E-state index contributed by atoms with van der Waals surface area (Å²) in [4.78, 5) is 53.2. The molecule has 9 heteroatoms. The molecule has 2 fully saturated rings. The third-order valence-corrected chi connectivity index (χ3v) is 6.62. The number of carbonyl (C=O) groups excluding carboxylic acids is 2. The van der Waals surface area contributed by atoms with Crippen molar-refractivity contribution in [2.75, 3.05) is 19.6 Å². The van der Waals surface area contributed by atoms with Crippen LogP contribution in [0.1, 0.15) is 54.3 Å². The first kappa shape index (κ1) is 21.4. The molecule has 3 heterocycles. The Hall–Kier alpha value is -3.49. The number of para-hydroxylation sites is 2. The molecule has 172 valence electrons. The zero-order chi connectivity index (χ0) is 22.9. The van der Waals surface area contributed by atoms with Gasteiger partial charge < -0.3 is 14.8 Å². The van der Waals surface area contributed by atoms with Gasteiger partial charge in [-0.05, 0) is 44.7 Å². The van der Waals surface area contributed by atoms with E-state index in [0.717, 1.165) is 42.4 Å². The number of benzene rings is 1. The summed E-state index contributed by atoms with van der Waals surface area (Å²) in [6.07, 6.45) is 6.78. The molecule has 0 radical (unpaired) electrons. The smallest absolute Gasteiger partial charge is 0.326 e. The molecule has 1 aliphatic heterocycles. The Bertz CT molecular complexity index is 1220. The molecule has 0 atom stereocenters. The fourth-order valence-electron chi connectivity index (χ4n) is 4.67. The fraction of sp³-hybridized carbons (Fsp3) is 0.458. The minimum absolute atomic E-state index is 0.0492. The summed E-state index contributed by atoms with van der Waals surface area (Å²) in [6.45, 7) is 3.43. The number of amides is 2. The summed E-state index contributed by atoms with van der Waals surface area (Å²) in [5.41, 5.74) is 2.73. The van der Waals surface area contributed by atoms with Gasteiger partial charge in [0.05, 0.1) is 22.9 Å². The Kier molecular flexibility index (Phi) is 5.70. The molecule has 2 aromatic heterocycles. The van der Waals surface area contributed by atoms with Gasteiger partial charge >= 0.3 is 5.69 Å². The van der Waals surface area contributed by atoms with Gasteiger partial charge in [-0.2, -0.15) is 0 Å². The quantitative estimate of drug-likeness (QED) is 0.623. The van der Waals surface area contributed by atoms with Crippen molar-refractivity contribution in [2.24, 2.45) is 0 Å². The number of fused-ring (bicyclic) bond motifs is 1. The molecular weight excluding hydrogens is 420 g/mol. The SMILES string of the molecule is Cc1cnc(C(=O)N(CCC(=O)N2CCC(n3c(=O)[nH]c4ccccc43)CC2)C2CC2)cn1. The molecule has 0 bridgehead atoms. The molecule has 9 nitrogen and oxygen atoms in total. The molecular formula is C24H28N6O3. The van der Waals surface area contributed by atoms with Crippen LogP contribution >= 0.6 is 0 Å². The Morgan fingerprint density at radius 1 is 1.09 bits per heavy atom. The lowest BCUT2D eigenvalue weighted by atomic mass is 10.0. The summed E-state index contributed by atoms with van der Waals surface area (Å²) >= 11 is 0. The molecule has 1 saturated heterocycles. The zero-order valence-electron chi connectivity index (χ0n) is 18.7. The number of aryl methyl sites for hydroxylation is 1. The summed E-state index contributed by atoms with van der Waals surface area (Å²) in [5, 5.41) is 0. The van der Waals surface area contributed by atoms with Crippen molar-refractivity contribution in [1.82, 2.24) is 29.3 Å². The number of H-pyrrole nitrogens is 1. The second-order valence-electron chi connectivity index (χ2n) is 8.95. The first-order valence-corrected chi connectivity index (χ1v) is 11.6. The Balaban J connectivity index is 1.19. The molecule has 3 aromatic rings. The molecule has 1 aliphatic carbocycles. The normalized spacial score (nSPS) is 16.8. The lowest BCUT2D eigenvalue weighted by molar-refractivity contribution is -0.132. The third kappa shape index (κ3) is 4.40. The van der Waals surface area contributed by atoms with E-state index in [2.05, 4.69) is 15.0 Å². The predicted octanol–water partition coefficient (Wildman–Crippen LogP) is 2.29. The molecule has 1 N–H and O–H groups in total. The predicted molar refractivity (Wildman–Crippen MR) is 123 cm³/mol. The standard InChI is InChI=1S/C24H28N6O3/c1-16-14-26-20(15-25-16)23(32)29(17-6-7-17)13-10-22(31)28-11-8-18(9-12-28)30-21-5-3-2-4-19(21)27-24(30)33/h2-5,14-15,17-18H,6-13H2,1H3,(H,27,33). The number of nitrogens with one attached hydrogen (secondary N) is 1. The van der Waals surface area contributed by atoms with Crippen LogP contribution in [-0.2, 0) is 4.79 Å². The van der Waals surface area contributed by atoms with Crippen molar-refractivity contribution in [1.29, 1.82) is 0 Å². The van der Waals surface area contributed by atoms with Gasteiger partial charge in [0.25, 0.3) is 5.91 Å². The van der Waals surface area contributed by atoms with Crippen LogP contribution < -0.4 is 5.69 Å². The summed E-state index contributed by atoms with van der Waals surface area (Å²) < 4.78 is 1.83. The Morgan fingerprint density at radius 2 is 1.85 bits per heavy atom. The number of nitrogens with zero attached hydrogens (tertiary/aromatic N) is 5. The molecule has 2 aliphatic rings. The average Bonchev–Trinajstić information content (AvgIpc) is 3.61. The number of likely N-dealkylation sites (tertiary alicyclic amines) is 1. The van der Waals surface area contributed by atoms with Gasteiger partial charge in [0.1, 0.15) is 5.69 Å². The van der Waals surface area contributed by atoms with Crippen molar-refractivity contribution in [3.8, 4) is 0 Å². The highest BCUT2D eigenvalue weighted by atomic mass is 16.2. The van der Waals surface area contributed by atoms with Crippen molar-refractivity contribution < 1.29 is 9.59 Å². The fourth-order valence-corrected chi connectivity index (χ4v) is 4.67. The molecule has 33 heavy (non-hydrogen) atoms. The number of piperidine rings is 1. The van der Waals surface area contributed by atoms with Gasteiger partial charge in [0.2, 0.25) is 5.91 Å². The molecule has 1 saturated carbocycles. The first-order chi connectivity index (χ1) is 16.0. The summed E-state index contributed by atoms with van der Waals surface area (Å²) in [7, 11) is 0. The van der Waals surface area contributed by atoms with Crippen LogP contribution in [0.15, 0.2) is 41.5 Å². The van der Waals surface area contributed by atoms with Crippen molar-refractivity contribution >= 4 is 22.8 Å². The first-order valence-electron chi connectivity index (χ1n) is 11.6. The van der Waals surface area contributed by atoms with Crippen molar-refractivity contribution in [3.63, 3.8) is 0 Å². The van der Waals surface area contributed by atoms with E-state index in [1.807, 2.05) is 40.7 Å².